The fourth-order valence-electron chi connectivity index (χ4n) is 4.95. The number of ether oxygens (including phenoxy) is 1. The number of carboxylic acids is 2. The van der Waals surface area contributed by atoms with Gasteiger partial charge in [-0.05, 0) is 106 Å². The number of carboxylic acid groups (broad SMARTS) is 2. The van der Waals surface area contributed by atoms with Crippen LogP contribution in [0.2, 0.25) is 5.02 Å². The molecular formula is C30H35ClF3N3O5S. The number of rotatable bonds is 10. The number of carbonyl (C=O) groups is 2. The number of halogens is 4. The Labute approximate surface area is 257 Å². The summed E-state index contributed by atoms with van der Waals surface area (Å²) in [6.07, 6.45) is -0.971. The summed E-state index contributed by atoms with van der Waals surface area (Å²) in [6, 6.07) is 12.3. The summed E-state index contributed by atoms with van der Waals surface area (Å²) in [4.78, 5) is 27.0. The lowest BCUT2D eigenvalue weighted by atomic mass is 9.84. The standard InChI is InChI=1S/C28H34ClN3O3S.C2HF3O2/c1-4-21-22(19-12-15-32(16-13-19)14-6-9-26(33)34)7-5-8-23(21)27-30-28(36-31-27)20-10-11-25(24(29)17-20)35-18(2)3;3-2(4,5)1(6)7/h5,7-8,10-11,17-19H,4,6,9,12-16H2,1-3H3,(H,33,34);(H,6,7). The van der Waals surface area contributed by atoms with Gasteiger partial charge in [-0.15, -0.1) is 0 Å². The molecule has 0 saturated carbocycles. The Kier molecular flexibility index (Phi) is 12.3. The van der Waals surface area contributed by atoms with Gasteiger partial charge in [0, 0.05) is 17.5 Å². The summed E-state index contributed by atoms with van der Waals surface area (Å²) < 4.78 is 42.2. The van der Waals surface area contributed by atoms with Crippen LogP contribution in [0.25, 0.3) is 22.0 Å². The van der Waals surface area contributed by atoms with Gasteiger partial charge in [0.2, 0.25) is 0 Å². The van der Waals surface area contributed by atoms with Crippen LogP contribution in [0.5, 0.6) is 5.75 Å². The average molecular weight is 642 g/mol. The quantitative estimate of drug-likeness (QED) is 0.233. The monoisotopic (exact) mass is 641 g/mol. The maximum atomic E-state index is 10.8. The van der Waals surface area contributed by atoms with Crippen LogP contribution in [0.15, 0.2) is 36.4 Å². The van der Waals surface area contributed by atoms with Crippen molar-refractivity contribution in [1.82, 2.24) is 14.3 Å². The molecule has 0 unspecified atom stereocenters. The van der Waals surface area contributed by atoms with E-state index in [1.807, 2.05) is 32.0 Å². The Morgan fingerprint density at radius 3 is 2.40 bits per heavy atom. The highest BCUT2D eigenvalue weighted by molar-refractivity contribution is 7.09. The molecule has 1 fully saturated rings. The molecule has 1 aliphatic heterocycles. The van der Waals surface area contributed by atoms with Crippen molar-refractivity contribution in [3.63, 3.8) is 0 Å². The fraction of sp³-hybridized carbons (Fsp3) is 0.467. The van der Waals surface area contributed by atoms with Crippen molar-refractivity contribution >= 4 is 35.1 Å². The second-order valence-corrected chi connectivity index (χ2v) is 11.5. The molecule has 13 heteroatoms. The van der Waals surface area contributed by atoms with Crippen LogP contribution >= 0.6 is 23.1 Å². The Balaban J connectivity index is 0.000000646. The zero-order valence-corrected chi connectivity index (χ0v) is 25.7. The summed E-state index contributed by atoms with van der Waals surface area (Å²) in [5.74, 6) is -1.53. The molecule has 2 N–H and O–H groups in total. The average Bonchev–Trinajstić information content (AvgIpc) is 3.44. The Morgan fingerprint density at radius 2 is 1.84 bits per heavy atom. The number of aliphatic carboxylic acids is 2. The van der Waals surface area contributed by atoms with Gasteiger partial charge in [0.05, 0.1) is 11.1 Å². The smallest absolute Gasteiger partial charge is 0.489 e. The molecular weight excluding hydrogens is 607 g/mol. The lowest BCUT2D eigenvalue weighted by Crippen LogP contribution is -2.34. The van der Waals surface area contributed by atoms with E-state index in [4.69, 9.17) is 40.7 Å². The van der Waals surface area contributed by atoms with E-state index < -0.39 is 18.1 Å². The van der Waals surface area contributed by atoms with Gasteiger partial charge in [0.25, 0.3) is 0 Å². The van der Waals surface area contributed by atoms with Crippen LogP contribution in [0, 0.1) is 0 Å². The third-order valence-corrected chi connectivity index (χ3v) is 7.97. The van der Waals surface area contributed by atoms with Gasteiger partial charge < -0.3 is 19.8 Å². The van der Waals surface area contributed by atoms with E-state index in [2.05, 4.69) is 30.0 Å². The third kappa shape index (κ3) is 9.90. The number of hydrogen-bond donors (Lipinski definition) is 2. The number of piperidine rings is 1. The van der Waals surface area contributed by atoms with Crippen LogP contribution in [-0.2, 0) is 16.0 Å². The summed E-state index contributed by atoms with van der Waals surface area (Å²) in [5.41, 5.74) is 4.76. The maximum Gasteiger partial charge on any atom is 0.490 e. The number of likely N-dealkylation sites (tertiary alicyclic amines) is 1. The largest absolute Gasteiger partial charge is 0.490 e. The zero-order valence-electron chi connectivity index (χ0n) is 24.2. The Morgan fingerprint density at radius 1 is 1.16 bits per heavy atom. The van der Waals surface area contributed by atoms with Gasteiger partial charge in [-0.1, -0.05) is 36.7 Å². The first-order valence-electron chi connectivity index (χ1n) is 14.0. The summed E-state index contributed by atoms with van der Waals surface area (Å²) in [6.45, 7) is 9.03. The highest BCUT2D eigenvalue weighted by atomic mass is 35.5. The number of benzene rings is 2. The SMILES string of the molecule is CCc1c(-c2nsc(-c3ccc(OC(C)C)c(Cl)c3)n2)cccc1C1CCN(CCCC(=O)O)CC1.O=C(O)C(F)(F)F. The van der Waals surface area contributed by atoms with E-state index in [-0.39, 0.29) is 12.5 Å². The minimum absolute atomic E-state index is 0.0606. The minimum atomic E-state index is -5.08. The fourth-order valence-corrected chi connectivity index (χ4v) is 5.84. The van der Waals surface area contributed by atoms with Crippen molar-refractivity contribution in [3.8, 4) is 27.7 Å². The topological polar surface area (TPSA) is 113 Å². The Hall–Kier alpha value is -3.22. The maximum absolute atomic E-state index is 10.8. The van der Waals surface area contributed by atoms with Gasteiger partial charge in [-0.3, -0.25) is 4.79 Å². The lowest BCUT2D eigenvalue weighted by molar-refractivity contribution is -0.192. The van der Waals surface area contributed by atoms with Crippen molar-refractivity contribution in [1.29, 1.82) is 0 Å². The first-order valence-corrected chi connectivity index (χ1v) is 15.1. The highest BCUT2D eigenvalue weighted by Crippen LogP contribution is 2.37. The molecule has 1 saturated heterocycles. The first-order chi connectivity index (χ1) is 20.3. The van der Waals surface area contributed by atoms with Gasteiger partial charge in [-0.2, -0.15) is 17.5 Å². The molecule has 0 aliphatic carbocycles. The summed E-state index contributed by atoms with van der Waals surface area (Å²) in [5, 5.41) is 17.4. The van der Waals surface area contributed by atoms with E-state index in [1.165, 1.54) is 22.7 Å². The number of nitrogens with zero attached hydrogens (tertiary/aromatic N) is 3. The van der Waals surface area contributed by atoms with Crippen molar-refractivity contribution in [2.75, 3.05) is 19.6 Å². The molecule has 4 rings (SSSR count). The van der Waals surface area contributed by atoms with E-state index >= 15 is 0 Å². The van der Waals surface area contributed by atoms with E-state index in [9.17, 15) is 18.0 Å². The van der Waals surface area contributed by atoms with Gasteiger partial charge >= 0.3 is 18.1 Å². The molecule has 0 amide bonds. The molecule has 234 valence electrons. The minimum Gasteiger partial charge on any atom is -0.489 e. The molecule has 43 heavy (non-hydrogen) atoms. The van der Waals surface area contributed by atoms with Crippen molar-refractivity contribution in [2.24, 2.45) is 0 Å². The molecule has 0 bridgehead atoms. The predicted molar refractivity (Wildman–Crippen MR) is 160 cm³/mol. The molecule has 1 aromatic heterocycles. The van der Waals surface area contributed by atoms with Crippen LogP contribution in [0.3, 0.4) is 0 Å². The zero-order chi connectivity index (χ0) is 31.7. The summed E-state index contributed by atoms with van der Waals surface area (Å²) in [7, 11) is 0. The van der Waals surface area contributed by atoms with Crippen LogP contribution in [0.4, 0.5) is 13.2 Å². The highest BCUT2D eigenvalue weighted by Gasteiger charge is 2.38. The molecule has 0 spiro atoms. The summed E-state index contributed by atoms with van der Waals surface area (Å²) >= 11 is 7.84. The van der Waals surface area contributed by atoms with Crippen LogP contribution in [0.1, 0.15) is 63.5 Å². The van der Waals surface area contributed by atoms with E-state index in [1.54, 1.807) is 0 Å². The van der Waals surface area contributed by atoms with Crippen LogP contribution < -0.4 is 4.74 Å². The number of hydrogen-bond acceptors (Lipinski definition) is 7. The normalized spacial score (nSPS) is 14.3. The van der Waals surface area contributed by atoms with Crippen molar-refractivity contribution < 1.29 is 37.7 Å². The molecule has 2 heterocycles. The number of alkyl halides is 3. The van der Waals surface area contributed by atoms with Gasteiger partial charge in [-0.25, -0.2) is 9.78 Å². The lowest BCUT2D eigenvalue weighted by Gasteiger charge is -2.33. The predicted octanol–water partition coefficient (Wildman–Crippen LogP) is 7.55. The Bertz CT molecular complexity index is 1390. The second-order valence-electron chi connectivity index (χ2n) is 10.4. The van der Waals surface area contributed by atoms with E-state index in [0.29, 0.717) is 23.1 Å². The molecule has 0 radical (unpaired) electrons. The molecule has 8 nitrogen and oxygen atoms in total. The first kappa shape index (κ1) is 34.3. The van der Waals surface area contributed by atoms with Gasteiger partial charge in [0.1, 0.15) is 10.8 Å². The van der Waals surface area contributed by atoms with Crippen molar-refractivity contribution in [3.05, 3.63) is 52.5 Å². The molecule has 2 aromatic carbocycles. The molecule has 0 atom stereocenters. The van der Waals surface area contributed by atoms with E-state index in [0.717, 1.165) is 60.9 Å². The second kappa shape index (κ2) is 15.5. The molecule has 1 aliphatic rings. The number of aromatic nitrogens is 2. The van der Waals surface area contributed by atoms with Gasteiger partial charge in [0.15, 0.2) is 5.82 Å². The van der Waals surface area contributed by atoms with Crippen LogP contribution in [-0.4, -0.2) is 68.3 Å². The third-order valence-electron chi connectivity index (χ3n) is 6.91. The molecule has 3 aromatic rings. The van der Waals surface area contributed by atoms with Crippen molar-refractivity contribution in [2.45, 2.75) is 71.1 Å².